The highest BCUT2D eigenvalue weighted by atomic mass is 16.5. The lowest BCUT2D eigenvalue weighted by Crippen LogP contribution is -2.23. The molecule has 0 bridgehead atoms. The van der Waals surface area contributed by atoms with Gasteiger partial charge in [-0.05, 0) is 43.2 Å². The van der Waals surface area contributed by atoms with E-state index in [0.717, 1.165) is 29.8 Å². The summed E-state index contributed by atoms with van der Waals surface area (Å²) in [6, 6.07) is 11.3. The number of carbonyl (C=O) groups is 2. The molecule has 0 saturated carbocycles. The van der Waals surface area contributed by atoms with Crippen LogP contribution in [-0.4, -0.2) is 29.9 Å². The van der Waals surface area contributed by atoms with Gasteiger partial charge in [-0.3, -0.25) is 9.59 Å². The Morgan fingerprint density at radius 3 is 2.81 bits per heavy atom. The first kappa shape index (κ1) is 18.6. The van der Waals surface area contributed by atoms with Gasteiger partial charge in [0.05, 0.1) is 6.61 Å². The Morgan fingerprint density at radius 2 is 2.11 bits per heavy atom. The van der Waals surface area contributed by atoms with E-state index in [4.69, 9.17) is 4.74 Å². The summed E-state index contributed by atoms with van der Waals surface area (Å²) in [5, 5.41) is 2.83. The molecule has 1 N–H and O–H groups in total. The second kappa shape index (κ2) is 8.98. The van der Waals surface area contributed by atoms with Gasteiger partial charge in [0, 0.05) is 43.0 Å². The molecule has 0 atom stereocenters. The molecule has 1 aromatic carbocycles. The van der Waals surface area contributed by atoms with Crippen LogP contribution >= 0.6 is 0 Å². The largest absolute Gasteiger partial charge is 0.478 e. The van der Waals surface area contributed by atoms with Crippen molar-refractivity contribution in [3.63, 3.8) is 0 Å². The molecule has 1 aliphatic heterocycles. The van der Waals surface area contributed by atoms with Crippen molar-refractivity contribution in [2.45, 2.75) is 26.3 Å². The lowest BCUT2D eigenvalue weighted by atomic mass is 10.2. The van der Waals surface area contributed by atoms with Gasteiger partial charge < -0.3 is 15.0 Å². The molecule has 0 spiro atoms. The average Bonchev–Trinajstić information content (AvgIpc) is 3.12. The van der Waals surface area contributed by atoms with Crippen LogP contribution in [0.25, 0.3) is 6.08 Å². The smallest absolute Gasteiger partial charge is 0.244 e. The number of aromatic nitrogens is 1. The zero-order valence-corrected chi connectivity index (χ0v) is 15.4. The number of nitrogens with zero attached hydrogens (tertiary/aromatic N) is 2. The highest BCUT2D eigenvalue weighted by Gasteiger charge is 2.21. The molecule has 140 valence electrons. The first-order valence-electron chi connectivity index (χ1n) is 9.10. The number of benzene rings is 1. The first-order valence-corrected chi connectivity index (χ1v) is 9.10. The number of hydrogen-bond acceptors (Lipinski definition) is 4. The Balaban J connectivity index is 1.55. The predicted molar refractivity (Wildman–Crippen MR) is 104 cm³/mol. The van der Waals surface area contributed by atoms with Crippen molar-refractivity contribution < 1.29 is 14.3 Å². The van der Waals surface area contributed by atoms with Crippen LogP contribution < -0.4 is 15.0 Å². The third-order valence-electron chi connectivity index (χ3n) is 4.29. The molecule has 1 saturated heterocycles. The number of pyridine rings is 1. The van der Waals surface area contributed by atoms with Crippen LogP contribution in [0, 0.1) is 0 Å². The van der Waals surface area contributed by atoms with E-state index < -0.39 is 0 Å². The van der Waals surface area contributed by atoms with Crippen LogP contribution in [0.2, 0.25) is 0 Å². The number of amides is 2. The van der Waals surface area contributed by atoms with Crippen molar-refractivity contribution in [2.24, 2.45) is 0 Å². The maximum atomic E-state index is 12.1. The van der Waals surface area contributed by atoms with E-state index in [9.17, 15) is 9.59 Å². The highest BCUT2D eigenvalue weighted by molar-refractivity contribution is 5.95. The SMILES string of the molecule is CCOc1ncccc1CNC(=O)C=Cc1ccc(N2CCCC2=O)cc1. The van der Waals surface area contributed by atoms with E-state index in [1.54, 1.807) is 17.2 Å². The monoisotopic (exact) mass is 365 g/mol. The molecule has 2 amide bonds. The summed E-state index contributed by atoms with van der Waals surface area (Å²) in [4.78, 5) is 29.8. The van der Waals surface area contributed by atoms with Crippen molar-refractivity contribution in [1.82, 2.24) is 10.3 Å². The maximum Gasteiger partial charge on any atom is 0.244 e. The van der Waals surface area contributed by atoms with Gasteiger partial charge in [0.2, 0.25) is 17.7 Å². The molecule has 0 aliphatic carbocycles. The molecule has 1 fully saturated rings. The third-order valence-corrected chi connectivity index (χ3v) is 4.29. The number of anilines is 1. The van der Waals surface area contributed by atoms with Crippen LogP contribution in [0.4, 0.5) is 5.69 Å². The Hall–Kier alpha value is -3.15. The summed E-state index contributed by atoms with van der Waals surface area (Å²) in [6.45, 7) is 3.54. The fourth-order valence-electron chi connectivity index (χ4n) is 2.93. The van der Waals surface area contributed by atoms with Crippen molar-refractivity contribution in [2.75, 3.05) is 18.1 Å². The lowest BCUT2D eigenvalue weighted by Gasteiger charge is -2.15. The Morgan fingerprint density at radius 1 is 1.30 bits per heavy atom. The molecule has 1 aromatic heterocycles. The average molecular weight is 365 g/mol. The molecular weight excluding hydrogens is 342 g/mol. The number of hydrogen-bond donors (Lipinski definition) is 1. The molecule has 2 aromatic rings. The fourth-order valence-corrected chi connectivity index (χ4v) is 2.93. The molecular formula is C21H23N3O3. The second-order valence-electron chi connectivity index (χ2n) is 6.19. The van der Waals surface area contributed by atoms with Crippen molar-refractivity contribution in [1.29, 1.82) is 0 Å². The van der Waals surface area contributed by atoms with Crippen molar-refractivity contribution in [3.8, 4) is 5.88 Å². The van der Waals surface area contributed by atoms with Crippen LogP contribution in [0.5, 0.6) is 5.88 Å². The van der Waals surface area contributed by atoms with Crippen LogP contribution in [0.1, 0.15) is 30.9 Å². The van der Waals surface area contributed by atoms with Gasteiger partial charge >= 0.3 is 0 Å². The predicted octanol–water partition coefficient (Wildman–Crippen LogP) is 2.94. The maximum absolute atomic E-state index is 12.1. The van der Waals surface area contributed by atoms with Gasteiger partial charge in [0.1, 0.15) is 0 Å². The topological polar surface area (TPSA) is 71.5 Å². The van der Waals surface area contributed by atoms with Crippen LogP contribution in [-0.2, 0) is 16.1 Å². The summed E-state index contributed by atoms with van der Waals surface area (Å²) < 4.78 is 5.45. The van der Waals surface area contributed by atoms with Gasteiger partial charge in [-0.2, -0.15) is 0 Å². The molecule has 1 aliphatic rings. The van der Waals surface area contributed by atoms with E-state index >= 15 is 0 Å². The molecule has 6 nitrogen and oxygen atoms in total. The molecule has 0 radical (unpaired) electrons. The van der Waals surface area contributed by atoms with Crippen LogP contribution in [0.15, 0.2) is 48.7 Å². The quantitative estimate of drug-likeness (QED) is 0.766. The minimum Gasteiger partial charge on any atom is -0.478 e. The van der Waals surface area contributed by atoms with E-state index in [1.807, 2.05) is 43.3 Å². The van der Waals surface area contributed by atoms with E-state index in [1.165, 1.54) is 6.08 Å². The minimum atomic E-state index is -0.194. The molecule has 2 heterocycles. The number of ether oxygens (including phenoxy) is 1. The summed E-state index contributed by atoms with van der Waals surface area (Å²) in [5.74, 6) is 0.510. The summed E-state index contributed by atoms with van der Waals surface area (Å²) in [6.07, 6.45) is 6.42. The zero-order chi connectivity index (χ0) is 19.1. The van der Waals surface area contributed by atoms with Crippen LogP contribution in [0.3, 0.4) is 0 Å². The Bertz CT molecular complexity index is 831. The number of rotatable bonds is 7. The van der Waals surface area contributed by atoms with E-state index in [-0.39, 0.29) is 11.8 Å². The summed E-state index contributed by atoms with van der Waals surface area (Å²) in [7, 11) is 0. The standard InChI is InChI=1S/C21H23N3O3/c1-2-27-21-17(5-3-13-22-21)15-23-19(25)12-9-16-7-10-18(11-8-16)24-14-4-6-20(24)26/h3,5,7-13H,2,4,6,14-15H2,1H3,(H,23,25). The zero-order valence-electron chi connectivity index (χ0n) is 15.4. The molecule has 27 heavy (non-hydrogen) atoms. The van der Waals surface area contributed by atoms with Gasteiger partial charge in [-0.1, -0.05) is 18.2 Å². The van der Waals surface area contributed by atoms with Gasteiger partial charge in [0.25, 0.3) is 0 Å². The van der Waals surface area contributed by atoms with Gasteiger partial charge in [-0.15, -0.1) is 0 Å². The number of nitrogens with one attached hydrogen (secondary N) is 1. The molecule has 0 unspecified atom stereocenters. The minimum absolute atomic E-state index is 0.166. The first-order chi connectivity index (χ1) is 13.2. The fraction of sp³-hybridized carbons (Fsp3) is 0.286. The van der Waals surface area contributed by atoms with E-state index in [2.05, 4.69) is 10.3 Å². The number of carbonyl (C=O) groups excluding carboxylic acids is 2. The van der Waals surface area contributed by atoms with Crippen molar-refractivity contribution in [3.05, 3.63) is 59.8 Å². The third kappa shape index (κ3) is 4.94. The second-order valence-corrected chi connectivity index (χ2v) is 6.19. The molecule has 3 rings (SSSR count). The Kier molecular flexibility index (Phi) is 6.20. The molecule has 6 heteroatoms. The van der Waals surface area contributed by atoms with Gasteiger partial charge in [0.15, 0.2) is 0 Å². The Labute approximate surface area is 158 Å². The van der Waals surface area contributed by atoms with Gasteiger partial charge in [-0.25, -0.2) is 4.98 Å². The summed E-state index contributed by atoms with van der Waals surface area (Å²) >= 11 is 0. The van der Waals surface area contributed by atoms with E-state index in [0.29, 0.717) is 25.5 Å². The highest BCUT2D eigenvalue weighted by Crippen LogP contribution is 2.22. The summed E-state index contributed by atoms with van der Waals surface area (Å²) in [5.41, 5.74) is 2.64. The normalized spacial score (nSPS) is 14.0. The lowest BCUT2D eigenvalue weighted by molar-refractivity contribution is -0.117. The van der Waals surface area contributed by atoms with Crippen molar-refractivity contribution >= 4 is 23.6 Å².